The first-order chi connectivity index (χ1) is 12.9. The van der Waals surface area contributed by atoms with Crippen LogP contribution in [0.1, 0.15) is 62.0 Å². The van der Waals surface area contributed by atoms with Gasteiger partial charge in [0.25, 0.3) is 0 Å². The van der Waals surface area contributed by atoms with E-state index in [0.29, 0.717) is 4.90 Å². The van der Waals surface area contributed by atoms with Gasteiger partial charge in [-0.1, -0.05) is 38.1 Å². The molecule has 5 nitrogen and oxygen atoms in total. The van der Waals surface area contributed by atoms with E-state index in [4.69, 9.17) is 5.73 Å². The van der Waals surface area contributed by atoms with Crippen LogP contribution in [0, 0.1) is 17.2 Å². The van der Waals surface area contributed by atoms with Gasteiger partial charge in [-0.15, -0.1) is 0 Å². The molecule has 0 radical (unpaired) electrons. The molecular weight excluding hydrogens is 371 g/mol. The highest BCUT2D eigenvalue weighted by atomic mass is 19.4. The van der Waals surface area contributed by atoms with Crippen molar-refractivity contribution in [3.05, 3.63) is 35.4 Å². The van der Waals surface area contributed by atoms with Crippen molar-refractivity contribution in [3.8, 4) is 6.07 Å². The van der Waals surface area contributed by atoms with Gasteiger partial charge in [-0.2, -0.15) is 18.4 Å². The molecule has 8 heteroatoms. The predicted octanol–water partition coefficient (Wildman–Crippen LogP) is 3.75. The zero-order valence-electron chi connectivity index (χ0n) is 16.1. The summed E-state index contributed by atoms with van der Waals surface area (Å²) in [5, 5.41) is 9.52. The number of amides is 1. The number of Topliss-reactive ketones (excluding diaryl/α,β-unsaturated/α-hetero) is 1. The third-order valence-electron chi connectivity index (χ3n) is 4.87. The SMILES string of the molecule is CC(=O)c1ccc([C@H](N(C(=O)[C@@H](N)CC(C)C)C2(C#N)CC2)C(F)(F)F)cc1. The quantitative estimate of drug-likeness (QED) is 0.713. The van der Waals surface area contributed by atoms with Crippen molar-refractivity contribution in [2.24, 2.45) is 11.7 Å². The smallest absolute Gasteiger partial charge is 0.320 e. The minimum absolute atomic E-state index is 0.0113. The first kappa shape index (κ1) is 21.9. The maximum atomic E-state index is 14.1. The number of nitriles is 1. The van der Waals surface area contributed by atoms with Gasteiger partial charge in [-0.3, -0.25) is 9.59 Å². The Morgan fingerprint density at radius 1 is 1.25 bits per heavy atom. The van der Waals surface area contributed by atoms with Crippen LogP contribution < -0.4 is 5.73 Å². The van der Waals surface area contributed by atoms with E-state index < -0.39 is 29.7 Å². The van der Waals surface area contributed by atoms with Crippen LogP contribution in [-0.2, 0) is 4.79 Å². The highest BCUT2D eigenvalue weighted by Crippen LogP contribution is 2.50. The Kier molecular flexibility index (Phi) is 6.19. The summed E-state index contributed by atoms with van der Waals surface area (Å²) in [6.07, 6.45) is -4.26. The summed E-state index contributed by atoms with van der Waals surface area (Å²) in [4.78, 5) is 25.0. The molecule has 1 aromatic carbocycles. The first-order valence-corrected chi connectivity index (χ1v) is 9.10. The molecule has 152 valence electrons. The zero-order valence-corrected chi connectivity index (χ0v) is 16.1. The summed E-state index contributed by atoms with van der Waals surface area (Å²) in [5.41, 5.74) is 4.46. The van der Waals surface area contributed by atoms with Crippen molar-refractivity contribution in [1.82, 2.24) is 4.90 Å². The van der Waals surface area contributed by atoms with E-state index in [1.165, 1.54) is 31.2 Å². The summed E-state index contributed by atoms with van der Waals surface area (Å²) < 4.78 is 42.3. The van der Waals surface area contributed by atoms with Crippen molar-refractivity contribution in [3.63, 3.8) is 0 Å². The number of alkyl halides is 3. The average molecular weight is 395 g/mol. The number of benzene rings is 1. The fourth-order valence-corrected chi connectivity index (χ4v) is 3.28. The molecule has 0 spiro atoms. The molecule has 28 heavy (non-hydrogen) atoms. The van der Waals surface area contributed by atoms with Gasteiger partial charge in [0, 0.05) is 5.56 Å². The van der Waals surface area contributed by atoms with Crippen LogP contribution in [-0.4, -0.2) is 34.3 Å². The van der Waals surface area contributed by atoms with Crippen molar-refractivity contribution < 1.29 is 22.8 Å². The minimum atomic E-state index is -4.81. The van der Waals surface area contributed by atoms with E-state index >= 15 is 0 Å². The summed E-state index contributed by atoms with van der Waals surface area (Å²) in [5.74, 6) is -1.15. The Balaban J connectivity index is 2.53. The van der Waals surface area contributed by atoms with Crippen molar-refractivity contribution in [2.75, 3.05) is 0 Å². The van der Waals surface area contributed by atoms with Gasteiger partial charge >= 0.3 is 6.18 Å². The lowest BCUT2D eigenvalue weighted by atomic mass is 9.96. The van der Waals surface area contributed by atoms with Gasteiger partial charge in [-0.05, 0) is 37.7 Å². The second-order valence-electron chi connectivity index (χ2n) is 7.71. The van der Waals surface area contributed by atoms with Gasteiger partial charge in [0.15, 0.2) is 11.8 Å². The number of nitrogens with two attached hydrogens (primary N) is 1. The lowest BCUT2D eigenvalue weighted by molar-refractivity contribution is -0.197. The minimum Gasteiger partial charge on any atom is -0.320 e. The maximum Gasteiger partial charge on any atom is 0.413 e. The van der Waals surface area contributed by atoms with Crippen LogP contribution in [0.4, 0.5) is 13.2 Å². The summed E-state index contributed by atoms with van der Waals surface area (Å²) in [6, 6.07) is 3.39. The lowest BCUT2D eigenvalue weighted by Crippen LogP contribution is -2.54. The van der Waals surface area contributed by atoms with Crippen LogP contribution in [0.25, 0.3) is 0 Å². The van der Waals surface area contributed by atoms with Gasteiger partial charge in [0.2, 0.25) is 5.91 Å². The van der Waals surface area contributed by atoms with E-state index in [1.54, 1.807) is 0 Å². The standard InChI is InChI=1S/C20H24F3N3O2/c1-12(2)10-16(25)18(28)26(19(11-24)8-9-19)17(20(21,22)23)15-6-4-14(5-7-15)13(3)27/h4-7,12,16-17H,8-10,25H2,1-3H3/t16-,17-/m0/s1. The van der Waals surface area contributed by atoms with Crippen LogP contribution in [0.3, 0.4) is 0 Å². The van der Waals surface area contributed by atoms with E-state index in [0.717, 1.165) is 0 Å². The third kappa shape index (κ3) is 4.53. The Labute approximate surface area is 162 Å². The molecule has 2 rings (SSSR count). The lowest BCUT2D eigenvalue weighted by Gasteiger charge is -2.38. The summed E-state index contributed by atoms with van der Waals surface area (Å²) in [6.45, 7) is 4.94. The molecule has 1 aliphatic rings. The van der Waals surface area contributed by atoms with E-state index in [-0.39, 0.29) is 42.1 Å². The molecule has 0 saturated heterocycles. The predicted molar refractivity (Wildman–Crippen MR) is 97.1 cm³/mol. The molecule has 0 aliphatic heterocycles. The van der Waals surface area contributed by atoms with Gasteiger partial charge < -0.3 is 10.6 Å². The zero-order chi connectivity index (χ0) is 21.3. The van der Waals surface area contributed by atoms with E-state index in [9.17, 15) is 28.0 Å². The number of nitrogens with zero attached hydrogens (tertiary/aromatic N) is 2. The largest absolute Gasteiger partial charge is 0.413 e. The average Bonchev–Trinajstić information content (AvgIpc) is 3.38. The molecule has 0 bridgehead atoms. The molecule has 1 amide bonds. The Hall–Kier alpha value is -2.40. The highest BCUT2D eigenvalue weighted by molar-refractivity contribution is 5.94. The first-order valence-electron chi connectivity index (χ1n) is 9.10. The molecule has 0 heterocycles. The second-order valence-corrected chi connectivity index (χ2v) is 7.71. The number of hydrogen-bond acceptors (Lipinski definition) is 4. The number of rotatable bonds is 7. The monoisotopic (exact) mass is 395 g/mol. The Bertz CT molecular complexity index is 777. The molecular formula is C20H24F3N3O2. The van der Waals surface area contributed by atoms with Crippen molar-refractivity contribution in [2.45, 2.75) is 63.8 Å². The number of ketones is 1. The topological polar surface area (TPSA) is 87.2 Å². The van der Waals surface area contributed by atoms with Crippen LogP contribution in [0.2, 0.25) is 0 Å². The summed E-state index contributed by atoms with van der Waals surface area (Å²) >= 11 is 0. The molecule has 0 aromatic heterocycles. The molecule has 1 aromatic rings. The van der Waals surface area contributed by atoms with Crippen LogP contribution in [0.15, 0.2) is 24.3 Å². The molecule has 2 atom stereocenters. The fourth-order valence-electron chi connectivity index (χ4n) is 3.28. The Morgan fingerprint density at radius 2 is 1.79 bits per heavy atom. The second kappa shape index (κ2) is 7.92. The molecule has 0 unspecified atom stereocenters. The molecule has 2 N–H and O–H groups in total. The van der Waals surface area contributed by atoms with Gasteiger partial charge in [-0.25, -0.2) is 0 Å². The Morgan fingerprint density at radius 3 is 2.14 bits per heavy atom. The number of halogens is 3. The number of hydrogen-bond donors (Lipinski definition) is 1. The van der Waals surface area contributed by atoms with Crippen molar-refractivity contribution >= 4 is 11.7 Å². The highest BCUT2D eigenvalue weighted by Gasteiger charge is 2.60. The number of carbonyl (C=O) groups excluding carboxylic acids is 2. The third-order valence-corrected chi connectivity index (χ3v) is 4.87. The van der Waals surface area contributed by atoms with E-state index in [1.807, 2.05) is 19.9 Å². The molecule has 1 fully saturated rings. The molecule has 1 aliphatic carbocycles. The number of carbonyl (C=O) groups is 2. The van der Waals surface area contributed by atoms with Crippen molar-refractivity contribution in [1.29, 1.82) is 5.26 Å². The molecule has 1 saturated carbocycles. The van der Waals surface area contributed by atoms with Crippen LogP contribution >= 0.6 is 0 Å². The fraction of sp³-hybridized carbons (Fsp3) is 0.550. The summed E-state index contributed by atoms with van der Waals surface area (Å²) in [7, 11) is 0. The van der Waals surface area contributed by atoms with Crippen LogP contribution in [0.5, 0.6) is 0 Å². The van der Waals surface area contributed by atoms with E-state index in [2.05, 4.69) is 0 Å². The maximum absolute atomic E-state index is 14.1. The van der Waals surface area contributed by atoms with Gasteiger partial charge in [0.05, 0.1) is 12.1 Å². The normalized spacial score (nSPS) is 17.5. The van der Waals surface area contributed by atoms with Gasteiger partial charge in [0.1, 0.15) is 5.54 Å².